The normalized spacial score (nSPS) is 32.1. The molecular weight excluding hydrogens is 204 g/mol. The van der Waals surface area contributed by atoms with Crippen molar-refractivity contribution in [3.8, 4) is 0 Å². The van der Waals surface area contributed by atoms with Crippen LogP contribution in [0.15, 0.2) is 12.2 Å². The molecule has 0 heteroatoms. The molecule has 0 aromatic heterocycles. The van der Waals surface area contributed by atoms with E-state index in [1.54, 1.807) is 0 Å². The molecule has 2 aliphatic rings. The lowest BCUT2D eigenvalue weighted by Gasteiger charge is -2.35. The standard InChI is InChI=1S/C17H29/c1-2-3-5-8-15-11-13-17(14-12-15)16-9-6-4-7-10-16/h2-3,15,17H,4-14H2,1H3/b3-2+/t15-,17-. The van der Waals surface area contributed by atoms with Gasteiger partial charge in [-0.2, -0.15) is 0 Å². The van der Waals surface area contributed by atoms with Gasteiger partial charge < -0.3 is 0 Å². The van der Waals surface area contributed by atoms with Gasteiger partial charge in [0.2, 0.25) is 0 Å². The molecule has 0 amide bonds. The van der Waals surface area contributed by atoms with Gasteiger partial charge in [-0.25, -0.2) is 0 Å². The first kappa shape index (κ1) is 13.2. The highest BCUT2D eigenvalue weighted by Gasteiger charge is 2.28. The Balaban J connectivity index is 1.66. The van der Waals surface area contributed by atoms with E-state index >= 15 is 0 Å². The van der Waals surface area contributed by atoms with Crippen molar-refractivity contribution in [1.82, 2.24) is 0 Å². The van der Waals surface area contributed by atoms with E-state index in [9.17, 15) is 0 Å². The maximum Gasteiger partial charge on any atom is -0.0210 e. The zero-order chi connectivity index (χ0) is 11.9. The SMILES string of the molecule is C/C=C/CC[C@H]1CC[C@H]([C]2CCCCC2)CC1. The van der Waals surface area contributed by atoms with Gasteiger partial charge in [-0.3, -0.25) is 0 Å². The number of hydrogen-bond acceptors (Lipinski definition) is 0. The third-order valence-electron chi connectivity index (χ3n) is 4.90. The van der Waals surface area contributed by atoms with Crippen molar-refractivity contribution in [1.29, 1.82) is 0 Å². The first-order valence-electron chi connectivity index (χ1n) is 7.86. The average molecular weight is 233 g/mol. The van der Waals surface area contributed by atoms with E-state index in [0.717, 1.165) is 11.8 Å². The fourth-order valence-corrected chi connectivity index (χ4v) is 3.77. The summed E-state index contributed by atoms with van der Waals surface area (Å²) in [5, 5.41) is 0. The van der Waals surface area contributed by atoms with Crippen LogP contribution in [0.2, 0.25) is 0 Å². The van der Waals surface area contributed by atoms with Crippen molar-refractivity contribution in [2.24, 2.45) is 11.8 Å². The van der Waals surface area contributed by atoms with E-state index in [-0.39, 0.29) is 0 Å². The molecule has 0 spiro atoms. The molecule has 17 heavy (non-hydrogen) atoms. The molecule has 2 rings (SSSR count). The average Bonchev–Trinajstić information content (AvgIpc) is 2.41. The minimum Gasteiger partial charge on any atom is -0.0917 e. The maximum absolute atomic E-state index is 2.34. The molecule has 0 N–H and O–H groups in total. The lowest BCUT2D eigenvalue weighted by Crippen LogP contribution is -2.22. The minimum absolute atomic E-state index is 1.02. The van der Waals surface area contributed by atoms with Gasteiger partial charge in [-0.05, 0) is 63.2 Å². The summed E-state index contributed by atoms with van der Waals surface area (Å²) in [5.74, 6) is 4.00. The van der Waals surface area contributed by atoms with Crippen molar-refractivity contribution >= 4 is 0 Å². The van der Waals surface area contributed by atoms with Crippen molar-refractivity contribution in [3.63, 3.8) is 0 Å². The Morgan fingerprint density at radius 3 is 2.35 bits per heavy atom. The molecule has 2 fully saturated rings. The molecule has 0 heterocycles. The predicted molar refractivity (Wildman–Crippen MR) is 75.8 cm³/mol. The number of hydrogen-bond donors (Lipinski definition) is 0. The van der Waals surface area contributed by atoms with Gasteiger partial charge in [0.25, 0.3) is 0 Å². The maximum atomic E-state index is 2.34. The molecule has 0 nitrogen and oxygen atoms in total. The summed E-state index contributed by atoms with van der Waals surface area (Å²) in [7, 11) is 0. The van der Waals surface area contributed by atoms with E-state index in [1.165, 1.54) is 70.6 Å². The molecule has 2 aliphatic carbocycles. The van der Waals surface area contributed by atoms with Crippen LogP contribution in [-0.2, 0) is 0 Å². The topological polar surface area (TPSA) is 0 Å². The fourth-order valence-electron chi connectivity index (χ4n) is 3.77. The highest BCUT2D eigenvalue weighted by Crippen LogP contribution is 2.42. The summed E-state index contributed by atoms with van der Waals surface area (Å²) in [6.45, 7) is 2.14. The van der Waals surface area contributed by atoms with Crippen molar-refractivity contribution < 1.29 is 0 Å². The minimum atomic E-state index is 1.02. The third-order valence-corrected chi connectivity index (χ3v) is 4.90. The Kier molecular flexibility index (Phi) is 5.61. The lowest BCUT2D eigenvalue weighted by molar-refractivity contribution is 0.251. The summed E-state index contributed by atoms with van der Waals surface area (Å²) in [6.07, 6.45) is 20.7. The zero-order valence-corrected chi connectivity index (χ0v) is 11.6. The van der Waals surface area contributed by atoms with Crippen molar-refractivity contribution in [3.05, 3.63) is 18.1 Å². The molecule has 0 aromatic rings. The molecule has 97 valence electrons. The van der Waals surface area contributed by atoms with Crippen molar-refractivity contribution in [2.45, 2.75) is 77.6 Å². The Labute approximate surface area is 108 Å². The smallest absolute Gasteiger partial charge is 0.0210 e. The van der Waals surface area contributed by atoms with Crippen LogP contribution in [0.5, 0.6) is 0 Å². The Morgan fingerprint density at radius 1 is 1.00 bits per heavy atom. The van der Waals surface area contributed by atoms with Gasteiger partial charge in [0, 0.05) is 0 Å². The molecule has 0 unspecified atom stereocenters. The molecular formula is C17H29. The van der Waals surface area contributed by atoms with Gasteiger partial charge in [0.05, 0.1) is 0 Å². The first-order valence-corrected chi connectivity index (χ1v) is 7.86. The van der Waals surface area contributed by atoms with Crippen LogP contribution in [0.3, 0.4) is 0 Å². The molecule has 0 bridgehead atoms. The highest BCUT2D eigenvalue weighted by atomic mass is 14.3. The third kappa shape index (κ3) is 4.16. The molecule has 0 aromatic carbocycles. The van der Waals surface area contributed by atoms with Crippen LogP contribution >= 0.6 is 0 Å². The molecule has 0 saturated heterocycles. The molecule has 0 atom stereocenters. The van der Waals surface area contributed by atoms with E-state index < -0.39 is 0 Å². The second-order valence-electron chi connectivity index (χ2n) is 6.08. The lowest BCUT2D eigenvalue weighted by atomic mass is 9.70. The highest BCUT2D eigenvalue weighted by molar-refractivity contribution is 5.00. The quantitative estimate of drug-likeness (QED) is 0.547. The summed E-state index contributed by atoms with van der Waals surface area (Å²) in [5.41, 5.74) is 0. The fraction of sp³-hybridized carbons (Fsp3) is 0.824. The van der Waals surface area contributed by atoms with Gasteiger partial charge in [-0.15, -0.1) is 0 Å². The zero-order valence-electron chi connectivity index (χ0n) is 11.6. The van der Waals surface area contributed by atoms with E-state index in [4.69, 9.17) is 0 Å². The van der Waals surface area contributed by atoms with Crippen LogP contribution < -0.4 is 0 Å². The van der Waals surface area contributed by atoms with Gasteiger partial charge in [0.15, 0.2) is 0 Å². The van der Waals surface area contributed by atoms with Crippen LogP contribution in [0.1, 0.15) is 77.6 Å². The monoisotopic (exact) mass is 233 g/mol. The largest absolute Gasteiger partial charge is 0.0917 e. The van der Waals surface area contributed by atoms with E-state index in [0.29, 0.717) is 0 Å². The Hall–Kier alpha value is -0.260. The second kappa shape index (κ2) is 7.24. The molecule has 2 saturated carbocycles. The number of rotatable bonds is 4. The van der Waals surface area contributed by atoms with Gasteiger partial charge in [0.1, 0.15) is 0 Å². The van der Waals surface area contributed by atoms with Crippen LogP contribution in [-0.4, -0.2) is 0 Å². The Bertz CT molecular complexity index is 214. The van der Waals surface area contributed by atoms with Crippen LogP contribution in [0.25, 0.3) is 0 Å². The second-order valence-corrected chi connectivity index (χ2v) is 6.08. The predicted octanol–water partition coefficient (Wildman–Crippen LogP) is 5.69. The summed E-state index contributed by atoms with van der Waals surface area (Å²) < 4.78 is 0. The molecule has 0 aliphatic heterocycles. The van der Waals surface area contributed by atoms with Crippen molar-refractivity contribution in [2.75, 3.05) is 0 Å². The van der Waals surface area contributed by atoms with Crippen LogP contribution in [0.4, 0.5) is 0 Å². The van der Waals surface area contributed by atoms with E-state index in [1.807, 2.05) is 5.92 Å². The van der Waals surface area contributed by atoms with Gasteiger partial charge in [-0.1, -0.05) is 44.3 Å². The Morgan fingerprint density at radius 2 is 1.71 bits per heavy atom. The number of allylic oxidation sites excluding steroid dienone is 2. The summed E-state index contributed by atoms with van der Waals surface area (Å²) in [6, 6.07) is 0. The summed E-state index contributed by atoms with van der Waals surface area (Å²) >= 11 is 0. The van der Waals surface area contributed by atoms with E-state index in [2.05, 4.69) is 19.1 Å². The summed E-state index contributed by atoms with van der Waals surface area (Å²) in [4.78, 5) is 0. The molecule has 1 radical (unpaired) electrons. The van der Waals surface area contributed by atoms with Gasteiger partial charge >= 0.3 is 0 Å². The first-order chi connectivity index (χ1) is 8.40. The van der Waals surface area contributed by atoms with Crippen LogP contribution in [0, 0.1) is 17.8 Å².